The van der Waals surface area contributed by atoms with E-state index >= 15 is 0 Å². The van der Waals surface area contributed by atoms with E-state index in [2.05, 4.69) is 187 Å². The van der Waals surface area contributed by atoms with E-state index in [1.54, 1.807) is 0 Å². The van der Waals surface area contributed by atoms with Gasteiger partial charge in [0.25, 0.3) is 0 Å². The van der Waals surface area contributed by atoms with E-state index in [9.17, 15) is 0 Å². The van der Waals surface area contributed by atoms with Crippen molar-refractivity contribution in [3.8, 4) is 22.6 Å². The van der Waals surface area contributed by atoms with Crippen LogP contribution in [0.1, 0.15) is 25.0 Å². The molecule has 0 aliphatic carbocycles. The van der Waals surface area contributed by atoms with Gasteiger partial charge in [-0.1, -0.05) is 135 Å². The molecule has 0 saturated carbocycles. The van der Waals surface area contributed by atoms with Crippen molar-refractivity contribution in [1.29, 1.82) is 0 Å². The molecule has 0 unspecified atom stereocenters. The van der Waals surface area contributed by atoms with Gasteiger partial charge in [0.05, 0.1) is 28.4 Å². The van der Waals surface area contributed by atoms with Crippen molar-refractivity contribution in [2.24, 2.45) is 0 Å². The summed E-state index contributed by atoms with van der Waals surface area (Å²) in [6, 6.07) is 60.4. The van der Waals surface area contributed by atoms with Crippen LogP contribution in [0.3, 0.4) is 0 Å². The number of hydrogen-bond acceptors (Lipinski definition) is 4. The fraction of sp³-hybridized carbons (Fsp3) is 0.0612. The van der Waals surface area contributed by atoms with Gasteiger partial charge in [-0.15, -0.1) is 0 Å². The molecule has 8 aromatic carbocycles. The molecule has 11 rings (SSSR count). The third-order valence-corrected chi connectivity index (χ3v) is 11.2. The molecule has 9 aromatic rings. The van der Waals surface area contributed by atoms with Gasteiger partial charge in [-0.3, -0.25) is 0 Å². The number of nitrogens with zero attached hydrogens (tertiary/aromatic N) is 2. The SMILES string of the molecule is CC1(C)c2ccccc2N2c3c(ccc(N(c4ccc(-c5ccccc5)cc4)c4cccc5c4oc4ccccc45)c31)Oc1ccc3ccccc3c12. The third-order valence-electron chi connectivity index (χ3n) is 11.2. The van der Waals surface area contributed by atoms with E-state index in [1.807, 2.05) is 6.07 Å². The zero-order chi connectivity index (χ0) is 35.3. The second-order valence-electron chi connectivity index (χ2n) is 14.5. The van der Waals surface area contributed by atoms with Crippen molar-refractivity contribution in [3.63, 3.8) is 0 Å². The van der Waals surface area contributed by atoms with Gasteiger partial charge in [0.1, 0.15) is 5.58 Å². The first-order valence-corrected chi connectivity index (χ1v) is 18.2. The summed E-state index contributed by atoms with van der Waals surface area (Å²) in [6.45, 7) is 4.69. The highest BCUT2D eigenvalue weighted by Crippen LogP contribution is 2.64. The van der Waals surface area contributed by atoms with Crippen LogP contribution in [0.2, 0.25) is 0 Å². The van der Waals surface area contributed by atoms with Gasteiger partial charge >= 0.3 is 0 Å². The van der Waals surface area contributed by atoms with Crippen molar-refractivity contribution in [2.75, 3.05) is 9.80 Å². The average molecular weight is 683 g/mol. The lowest BCUT2D eigenvalue weighted by molar-refractivity contribution is 0.472. The molecule has 0 saturated heterocycles. The lowest BCUT2D eigenvalue weighted by Gasteiger charge is -2.47. The van der Waals surface area contributed by atoms with Crippen LogP contribution in [-0.2, 0) is 5.41 Å². The van der Waals surface area contributed by atoms with Crippen LogP contribution in [0.15, 0.2) is 174 Å². The average Bonchev–Trinajstić information content (AvgIpc) is 3.60. The maximum absolute atomic E-state index is 6.88. The number of anilines is 6. The van der Waals surface area contributed by atoms with E-state index in [0.717, 1.165) is 67.3 Å². The summed E-state index contributed by atoms with van der Waals surface area (Å²) in [4.78, 5) is 4.84. The molecule has 53 heavy (non-hydrogen) atoms. The van der Waals surface area contributed by atoms with Gasteiger partial charge in [-0.2, -0.15) is 0 Å². The Kier molecular flexibility index (Phi) is 6.27. The number of rotatable bonds is 4. The number of para-hydroxylation sites is 3. The molecule has 4 heteroatoms. The quantitative estimate of drug-likeness (QED) is 0.185. The van der Waals surface area contributed by atoms with Crippen LogP contribution in [0.5, 0.6) is 11.5 Å². The molecule has 0 N–H and O–H groups in total. The molecule has 2 aliphatic rings. The maximum atomic E-state index is 6.88. The van der Waals surface area contributed by atoms with Crippen molar-refractivity contribution in [3.05, 3.63) is 181 Å². The van der Waals surface area contributed by atoms with Crippen molar-refractivity contribution in [1.82, 2.24) is 0 Å². The van der Waals surface area contributed by atoms with Crippen molar-refractivity contribution >= 4 is 66.8 Å². The largest absolute Gasteiger partial charge is 0.454 e. The topological polar surface area (TPSA) is 28.9 Å². The van der Waals surface area contributed by atoms with Crippen LogP contribution in [0.25, 0.3) is 43.8 Å². The molecule has 1 aromatic heterocycles. The Labute approximate surface area is 307 Å². The van der Waals surface area contributed by atoms with Crippen molar-refractivity contribution in [2.45, 2.75) is 19.3 Å². The van der Waals surface area contributed by atoms with Crippen molar-refractivity contribution < 1.29 is 9.15 Å². The van der Waals surface area contributed by atoms with Crippen LogP contribution >= 0.6 is 0 Å². The molecule has 252 valence electrons. The summed E-state index contributed by atoms with van der Waals surface area (Å²) in [5, 5.41) is 4.52. The first-order chi connectivity index (χ1) is 26.1. The molecule has 0 bridgehead atoms. The Morgan fingerprint density at radius 2 is 1.19 bits per heavy atom. The zero-order valence-corrected chi connectivity index (χ0v) is 29.4. The summed E-state index contributed by atoms with van der Waals surface area (Å²) in [5.41, 5.74) is 12.5. The predicted molar refractivity (Wildman–Crippen MR) is 218 cm³/mol. The molecular weight excluding hydrogens is 649 g/mol. The molecule has 0 radical (unpaired) electrons. The lowest BCUT2D eigenvalue weighted by Crippen LogP contribution is -2.34. The van der Waals surface area contributed by atoms with Gasteiger partial charge in [-0.25, -0.2) is 0 Å². The van der Waals surface area contributed by atoms with Gasteiger partial charge in [0.2, 0.25) is 0 Å². The first kappa shape index (κ1) is 29.9. The smallest absolute Gasteiger partial charge is 0.159 e. The number of hydrogen-bond donors (Lipinski definition) is 0. The Bertz CT molecular complexity index is 2910. The van der Waals surface area contributed by atoms with E-state index in [1.165, 1.54) is 33.3 Å². The van der Waals surface area contributed by atoms with E-state index < -0.39 is 5.41 Å². The zero-order valence-electron chi connectivity index (χ0n) is 29.4. The highest BCUT2D eigenvalue weighted by molar-refractivity contribution is 6.11. The molecular formula is C49H34N2O2. The predicted octanol–water partition coefficient (Wildman–Crippen LogP) is 14.1. The minimum absolute atomic E-state index is 0.400. The van der Waals surface area contributed by atoms with Crippen LogP contribution in [0.4, 0.5) is 34.1 Å². The lowest BCUT2D eigenvalue weighted by atomic mass is 9.72. The normalized spacial score (nSPS) is 13.7. The summed E-state index contributed by atoms with van der Waals surface area (Å²) < 4.78 is 13.6. The molecule has 0 fully saturated rings. The highest BCUT2D eigenvalue weighted by atomic mass is 16.5. The summed E-state index contributed by atoms with van der Waals surface area (Å²) >= 11 is 0. The Morgan fingerprint density at radius 1 is 0.509 bits per heavy atom. The fourth-order valence-corrected chi connectivity index (χ4v) is 8.77. The standard InChI is InChI=1S/C49H34N2O2/c1-49(2)38-19-9-10-20-39(38)51-46-35-16-7-6-15-33(35)25-29-43(46)52-44-30-28-40(45(49)47(44)51)50(34-26-23-32(24-27-34)31-13-4-3-5-14-31)41-21-12-18-37-36-17-8-11-22-42(36)53-48(37)41/h3-30H,1-2H3. The molecule has 0 atom stereocenters. The summed E-state index contributed by atoms with van der Waals surface area (Å²) in [5.74, 6) is 1.69. The fourth-order valence-electron chi connectivity index (χ4n) is 8.77. The number of ether oxygens (including phenoxy) is 1. The molecule has 0 amide bonds. The number of benzene rings is 8. The molecule has 0 spiro atoms. The highest BCUT2D eigenvalue weighted by Gasteiger charge is 2.44. The Morgan fingerprint density at radius 3 is 2.06 bits per heavy atom. The second kappa shape index (κ2) is 11.1. The van der Waals surface area contributed by atoms with Crippen LogP contribution in [-0.4, -0.2) is 0 Å². The Balaban J connectivity index is 1.22. The first-order valence-electron chi connectivity index (χ1n) is 18.2. The summed E-state index contributed by atoms with van der Waals surface area (Å²) in [6.07, 6.45) is 0. The number of fused-ring (bicyclic) bond motifs is 9. The summed E-state index contributed by atoms with van der Waals surface area (Å²) in [7, 11) is 0. The van der Waals surface area contributed by atoms with E-state index in [0.29, 0.717) is 0 Å². The van der Waals surface area contributed by atoms with Crippen LogP contribution < -0.4 is 14.5 Å². The monoisotopic (exact) mass is 682 g/mol. The Hall–Kier alpha value is -6.78. The third kappa shape index (κ3) is 4.30. The van der Waals surface area contributed by atoms with E-state index in [-0.39, 0.29) is 0 Å². The molecule has 4 nitrogen and oxygen atoms in total. The van der Waals surface area contributed by atoms with Gasteiger partial charge in [-0.05, 0) is 70.6 Å². The molecule has 3 heterocycles. The minimum Gasteiger partial charge on any atom is -0.454 e. The second-order valence-corrected chi connectivity index (χ2v) is 14.5. The van der Waals surface area contributed by atoms with Gasteiger partial charge in [0, 0.05) is 32.8 Å². The molecule has 2 aliphatic heterocycles. The minimum atomic E-state index is -0.400. The van der Waals surface area contributed by atoms with Crippen LogP contribution in [0, 0.1) is 0 Å². The van der Waals surface area contributed by atoms with Gasteiger partial charge < -0.3 is 19.0 Å². The number of furan rings is 1. The van der Waals surface area contributed by atoms with E-state index in [4.69, 9.17) is 9.15 Å². The van der Waals surface area contributed by atoms with Gasteiger partial charge in [0.15, 0.2) is 17.1 Å². The maximum Gasteiger partial charge on any atom is 0.159 e.